The van der Waals surface area contributed by atoms with Gasteiger partial charge in [0.1, 0.15) is 0 Å². The normalized spacial score (nSPS) is 9.69. The van der Waals surface area contributed by atoms with Crippen LogP contribution >= 0.6 is 11.6 Å². The van der Waals surface area contributed by atoms with Crippen LogP contribution in [-0.4, -0.2) is 4.92 Å². The molecule has 0 aliphatic carbocycles. The Hall–Kier alpha value is -1.33. The lowest BCUT2D eigenvalue weighted by molar-refractivity contribution is -0.385. The van der Waals surface area contributed by atoms with Gasteiger partial charge >= 0.3 is 0 Å². The van der Waals surface area contributed by atoms with E-state index in [1.165, 1.54) is 6.07 Å². The van der Waals surface area contributed by atoms with Crippen LogP contribution < -0.4 is 11.3 Å². The van der Waals surface area contributed by atoms with Crippen LogP contribution in [-0.2, 0) is 5.88 Å². The Balaban J connectivity index is 3.27. The second kappa shape index (κ2) is 4.06. The summed E-state index contributed by atoms with van der Waals surface area (Å²) in [4.78, 5) is 10.0. The number of alkyl halides is 1. The van der Waals surface area contributed by atoms with E-state index < -0.39 is 4.92 Å². The lowest BCUT2D eigenvalue weighted by atomic mass is 10.1. The number of anilines is 1. The SMILES string of the molecule is NNc1cccc([N+](=O)[O-])c1CCl. The number of benzene rings is 1. The van der Waals surface area contributed by atoms with Gasteiger partial charge in [0.2, 0.25) is 0 Å². The Labute approximate surface area is 79.6 Å². The number of hydrogen-bond acceptors (Lipinski definition) is 4. The Morgan fingerprint density at radius 2 is 2.31 bits per heavy atom. The molecule has 0 aliphatic rings. The van der Waals surface area contributed by atoms with Crippen LogP contribution in [0, 0.1) is 10.1 Å². The van der Waals surface area contributed by atoms with Gasteiger partial charge in [-0.3, -0.25) is 16.0 Å². The van der Waals surface area contributed by atoms with Gasteiger partial charge in [-0.1, -0.05) is 6.07 Å². The average Bonchev–Trinajstić information content (AvgIpc) is 2.16. The van der Waals surface area contributed by atoms with Crippen molar-refractivity contribution >= 4 is 23.0 Å². The van der Waals surface area contributed by atoms with Crippen LogP contribution in [0.25, 0.3) is 0 Å². The molecule has 0 radical (unpaired) electrons. The topological polar surface area (TPSA) is 81.2 Å². The van der Waals surface area contributed by atoms with Crippen molar-refractivity contribution in [3.05, 3.63) is 33.9 Å². The summed E-state index contributed by atoms with van der Waals surface area (Å²) in [6.45, 7) is 0. The van der Waals surface area contributed by atoms with E-state index in [1.54, 1.807) is 12.1 Å². The number of rotatable bonds is 3. The first kappa shape index (κ1) is 9.76. The molecule has 5 nitrogen and oxygen atoms in total. The van der Waals surface area contributed by atoms with Crippen LogP contribution in [0.2, 0.25) is 0 Å². The predicted molar refractivity (Wildman–Crippen MR) is 50.5 cm³/mol. The Bertz CT molecular complexity index is 330. The number of nitrogens with two attached hydrogens (primary N) is 1. The molecular weight excluding hydrogens is 194 g/mol. The molecule has 0 bridgehead atoms. The predicted octanol–water partition coefficient (Wildman–Crippen LogP) is 1.62. The maximum absolute atomic E-state index is 10.5. The molecule has 0 aliphatic heterocycles. The zero-order valence-corrected chi connectivity index (χ0v) is 7.41. The van der Waals surface area contributed by atoms with Crippen LogP contribution in [0.1, 0.15) is 5.56 Å². The maximum atomic E-state index is 10.5. The highest BCUT2D eigenvalue weighted by atomic mass is 35.5. The van der Waals surface area contributed by atoms with Crippen molar-refractivity contribution in [2.75, 3.05) is 5.43 Å². The summed E-state index contributed by atoms with van der Waals surface area (Å²) >= 11 is 5.56. The van der Waals surface area contributed by atoms with Crippen molar-refractivity contribution in [2.45, 2.75) is 5.88 Å². The summed E-state index contributed by atoms with van der Waals surface area (Å²) in [5.74, 6) is 5.22. The summed E-state index contributed by atoms with van der Waals surface area (Å²) < 4.78 is 0. The second-order valence-electron chi connectivity index (χ2n) is 2.34. The summed E-state index contributed by atoms with van der Waals surface area (Å²) in [7, 11) is 0. The number of nitro groups is 1. The van der Waals surface area contributed by atoms with E-state index in [0.717, 1.165) is 0 Å². The summed E-state index contributed by atoms with van der Waals surface area (Å²) in [6, 6.07) is 4.56. The van der Waals surface area contributed by atoms with Crippen molar-refractivity contribution in [3.63, 3.8) is 0 Å². The molecule has 0 saturated heterocycles. The highest BCUT2D eigenvalue weighted by Crippen LogP contribution is 2.26. The Morgan fingerprint density at radius 1 is 1.62 bits per heavy atom. The molecule has 1 aromatic rings. The minimum absolute atomic E-state index is 0.0227. The summed E-state index contributed by atoms with van der Waals surface area (Å²) in [5.41, 5.74) is 3.21. The van der Waals surface area contributed by atoms with Gasteiger partial charge in [0.25, 0.3) is 5.69 Å². The summed E-state index contributed by atoms with van der Waals surface area (Å²) in [5, 5.41) is 10.5. The molecule has 0 heterocycles. The zero-order chi connectivity index (χ0) is 9.84. The van der Waals surface area contributed by atoms with Crippen LogP contribution in [0.5, 0.6) is 0 Å². The third kappa shape index (κ3) is 1.88. The minimum atomic E-state index is -0.488. The fourth-order valence-electron chi connectivity index (χ4n) is 1.02. The van der Waals surface area contributed by atoms with E-state index in [1.807, 2.05) is 0 Å². The molecule has 0 fully saturated rings. The first-order valence-electron chi connectivity index (χ1n) is 3.49. The highest BCUT2D eigenvalue weighted by Gasteiger charge is 2.15. The molecule has 0 saturated carbocycles. The van der Waals surface area contributed by atoms with Crippen LogP contribution in [0.15, 0.2) is 18.2 Å². The third-order valence-corrected chi connectivity index (χ3v) is 1.90. The number of nitrogen functional groups attached to an aromatic ring is 1. The Morgan fingerprint density at radius 3 is 2.77 bits per heavy atom. The van der Waals surface area contributed by atoms with Crippen molar-refractivity contribution < 1.29 is 4.92 Å². The lowest BCUT2D eigenvalue weighted by Crippen LogP contribution is -2.09. The monoisotopic (exact) mass is 201 g/mol. The van der Waals surface area contributed by atoms with Gasteiger partial charge < -0.3 is 5.43 Å². The molecule has 6 heteroatoms. The van der Waals surface area contributed by atoms with E-state index in [0.29, 0.717) is 11.3 Å². The van der Waals surface area contributed by atoms with Gasteiger partial charge in [-0.05, 0) is 6.07 Å². The standard InChI is InChI=1S/C7H8ClN3O2/c8-4-5-6(10-9)2-1-3-7(5)11(12)13/h1-3,10H,4,9H2. The Kier molecular flexibility index (Phi) is 3.05. The number of hydrogen-bond donors (Lipinski definition) is 2. The van der Waals surface area contributed by atoms with Gasteiger partial charge in [-0.15, -0.1) is 11.6 Å². The molecule has 1 rings (SSSR count). The van der Waals surface area contributed by atoms with E-state index in [-0.39, 0.29) is 11.6 Å². The molecule has 0 aromatic heterocycles. The molecule has 0 unspecified atom stereocenters. The quantitative estimate of drug-likeness (QED) is 0.337. The number of hydrazine groups is 1. The van der Waals surface area contributed by atoms with E-state index in [4.69, 9.17) is 17.4 Å². The van der Waals surface area contributed by atoms with Gasteiger partial charge in [-0.25, -0.2) is 0 Å². The van der Waals surface area contributed by atoms with Crippen molar-refractivity contribution in [1.82, 2.24) is 0 Å². The largest absolute Gasteiger partial charge is 0.324 e. The minimum Gasteiger partial charge on any atom is -0.324 e. The lowest BCUT2D eigenvalue weighted by Gasteiger charge is -2.05. The van der Waals surface area contributed by atoms with Gasteiger partial charge in [0.15, 0.2) is 0 Å². The van der Waals surface area contributed by atoms with Crippen LogP contribution in [0.4, 0.5) is 11.4 Å². The van der Waals surface area contributed by atoms with Gasteiger partial charge in [0, 0.05) is 6.07 Å². The van der Waals surface area contributed by atoms with Crippen molar-refractivity contribution in [3.8, 4) is 0 Å². The number of nitrogens with one attached hydrogen (secondary N) is 1. The smallest absolute Gasteiger partial charge is 0.275 e. The number of halogens is 1. The number of nitro benzene ring substituents is 1. The summed E-state index contributed by atoms with van der Waals surface area (Å²) in [6.07, 6.45) is 0. The van der Waals surface area contributed by atoms with Gasteiger partial charge in [0.05, 0.1) is 22.1 Å². The first-order chi connectivity index (χ1) is 6.20. The maximum Gasteiger partial charge on any atom is 0.275 e. The molecule has 0 spiro atoms. The van der Waals surface area contributed by atoms with Crippen molar-refractivity contribution in [1.29, 1.82) is 0 Å². The molecule has 0 amide bonds. The third-order valence-electron chi connectivity index (χ3n) is 1.64. The second-order valence-corrected chi connectivity index (χ2v) is 2.61. The highest BCUT2D eigenvalue weighted by molar-refractivity contribution is 6.17. The molecule has 3 N–H and O–H groups in total. The van der Waals surface area contributed by atoms with E-state index in [2.05, 4.69) is 5.43 Å². The van der Waals surface area contributed by atoms with Crippen LogP contribution in [0.3, 0.4) is 0 Å². The van der Waals surface area contributed by atoms with E-state index >= 15 is 0 Å². The van der Waals surface area contributed by atoms with E-state index in [9.17, 15) is 10.1 Å². The van der Waals surface area contributed by atoms with Crippen molar-refractivity contribution in [2.24, 2.45) is 5.84 Å². The fraction of sp³-hybridized carbons (Fsp3) is 0.143. The zero-order valence-electron chi connectivity index (χ0n) is 6.66. The number of nitrogens with zero attached hydrogens (tertiary/aromatic N) is 1. The molecule has 0 atom stereocenters. The first-order valence-corrected chi connectivity index (χ1v) is 4.03. The fourth-order valence-corrected chi connectivity index (χ4v) is 1.30. The van der Waals surface area contributed by atoms with Gasteiger partial charge in [-0.2, -0.15) is 0 Å². The molecular formula is C7H8ClN3O2. The molecule has 13 heavy (non-hydrogen) atoms. The average molecular weight is 202 g/mol. The molecule has 70 valence electrons. The molecule has 1 aromatic carbocycles.